The summed E-state index contributed by atoms with van der Waals surface area (Å²) in [5.41, 5.74) is 0.557. The maximum atomic E-state index is 14.7. The van der Waals surface area contributed by atoms with E-state index in [-0.39, 0.29) is 47.0 Å². The number of carbonyl (C=O) groups is 8. The number of hydrogen-bond acceptors (Lipinski definition) is 19. The van der Waals surface area contributed by atoms with Crippen molar-refractivity contribution in [3.05, 3.63) is 119 Å². The Morgan fingerprint density at radius 3 is 1.08 bits per heavy atom. The van der Waals surface area contributed by atoms with Gasteiger partial charge in [-0.3, -0.25) is 40.6 Å². The third kappa shape index (κ3) is 20.6. The molecule has 2 unspecified atom stereocenters. The number of hydrogen-bond donors (Lipinski definition) is 4. The first-order valence-corrected chi connectivity index (χ1v) is 24.6. The van der Waals surface area contributed by atoms with Gasteiger partial charge in [0, 0.05) is 24.2 Å². The molecule has 4 aromatic rings. The molecule has 4 rings (SSSR count). The molecule has 77 heavy (non-hydrogen) atoms. The number of anilines is 2. The Bertz CT molecular complexity index is 2530. The number of rotatable bonds is 22. The van der Waals surface area contributed by atoms with Crippen LogP contribution in [0.25, 0.3) is 0 Å². The van der Waals surface area contributed by atoms with Gasteiger partial charge in [-0.15, -0.1) is 0 Å². The summed E-state index contributed by atoms with van der Waals surface area (Å²) in [6.07, 6.45) is -1.31. The lowest BCUT2D eigenvalue weighted by Gasteiger charge is -2.34. The Labute approximate surface area is 447 Å². The van der Waals surface area contributed by atoms with Gasteiger partial charge in [-0.1, -0.05) is 12.1 Å². The molecule has 21 heteroatoms. The fourth-order valence-corrected chi connectivity index (χ4v) is 7.10. The van der Waals surface area contributed by atoms with Gasteiger partial charge in [-0.25, -0.2) is 19.2 Å². The van der Waals surface area contributed by atoms with Crippen LogP contribution in [-0.2, 0) is 42.9 Å². The molecule has 0 saturated carbocycles. The van der Waals surface area contributed by atoms with E-state index in [0.29, 0.717) is 11.4 Å². The van der Waals surface area contributed by atoms with Gasteiger partial charge in [-0.2, -0.15) is 0 Å². The van der Waals surface area contributed by atoms with Crippen LogP contribution >= 0.6 is 0 Å². The lowest BCUT2D eigenvalue weighted by molar-refractivity contribution is -0.168. The summed E-state index contributed by atoms with van der Waals surface area (Å²) >= 11 is 0. The maximum Gasteiger partial charge on any atom is 0.343 e. The third-order valence-corrected chi connectivity index (χ3v) is 10.2. The topological polar surface area (TPSA) is 272 Å². The van der Waals surface area contributed by atoms with Crippen LogP contribution in [0.4, 0.5) is 11.4 Å². The van der Waals surface area contributed by atoms with Gasteiger partial charge in [0.25, 0.3) is 11.8 Å². The molecule has 0 fully saturated rings. The largest absolute Gasteiger partial charge is 0.460 e. The fraction of sp³-hybridized carbons (Fsp3) is 0.429. The predicted octanol–water partition coefficient (Wildman–Crippen LogP) is 8.21. The van der Waals surface area contributed by atoms with Crippen LogP contribution in [0.5, 0.6) is 11.5 Å². The van der Waals surface area contributed by atoms with Crippen molar-refractivity contribution in [2.24, 2.45) is 0 Å². The number of amides is 2. The normalized spacial score (nSPS) is 12.4. The number of nitrogens with zero attached hydrogens (tertiary/aromatic N) is 2. The number of benzene rings is 4. The Kier molecular flexibility index (Phi) is 21.4. The SMILES string of the molecule is CC(C)(C)OC(=O)CC(C(=O)OC(C)(C)C)N(CCOCCN(C(=O)c1cccc(OC(=O)c2ccc(NO)cc2)c1)C(CC(=O)OC(C)(C)C)C(=O)OC(C)(C)C)C(=O)c1cccc(OC(=O)c2ccc(NO)cc2)c1. The number of ether oxygens (including phenoxy) is 7. The zero-order valence-electron chi connectivity index (χ0n) is 45.5. The highest BCUT2D eigenvalue weighted by molar-refractivity contribution is 6.00. The van der Waals surface area contributed by atoms with Crippen LogP contribution in [-0.4, -0.2) is 129 Å². The molecule has 0 bridgehead atoms. The molecule has 0 aliphatic heterocycles. The van der Waals surface area contributed by atoms with Crippen molar-refractivity contribution in [1.82, 2.24) is 9.80 Å². The van der Waals surface area contributed by atoms with Crippen molar-refractivity contribution < 1.29 is 81.9 Å². The van der Waals surface area contributed by atoms with Crippen molar-refractivity contribution in [3.63, 3.8) is 0 Å². The first-order chi connectivity index (χ1) is 35.8. The molecule has 0 heterocycles. The van der Waals surface area contributed by atoms with Crippen LogP contribution in [0.15, 0.2) is 97.1 Å². The third-order valence-electron chi connectivity index (χ3n) is 10.2. The van der Waals surface area contributed by atoms with Gasteiger partial charge >= 0.3 is 35.8 Å². The monoisotopic (exact) mass is 1070 g/mol. The summed E-state index contributed by atoms with van der Waals surface area (Å²) in [4.78, 5) is 113. The molecule has 0 spiro atoms. The maximum absolute atomic E-state index is 14.7. The highest BCUT2D eigenvalue weighted by Gasteiger charge is 2.39. The minimum absolute atomic E-state index is 0.0481. The predicted molar refractivity (Wildman–Crippen MR) is 280 cm³/mol. The summed E-state index contributed by atoms with van der Waals surface area (Å²) in [7, 11) is 0. The van der Waals surface area contributed by atoms with Crippen LogP contribution in [0.3, 0.4) is 0 Å². The molecule has 0 aliphatic carbocycles. The summed E-state index contributed by atoms with van der Waals surface area (Å²) in [6.45, 7) is 17.9. The molecule has 0 radical (unpaired) electrons. The van der Waals surface area contributed by atoms with Gasteiger partial charge in [0.15, 0.2) is 0 Å². The molecule has 4 N–H and O–H groups in total. The molecule has 2 amide bonds. The van der Waals surface area contributed by atoms with Crippen LogP contribution in [0.2, 0.25) is 0 Å². The van der Waals surface area contributed by atoms with E-state index in [4.69, 9.17) is 33.2 Å². The Morgan fingerprint density at radius 1 is 0.455 bits per heavy atom. The molecule has 0 saturated heterocycles. The molecular weight excluding hydrogens is 1000 g/mol. The molecule has 4 aromatic carbocycles. The summed E-state index contributed by atoms with van der Waals surface area (Å²) < 4.78 is 39.9. The standard InChI is InChI=1S/C56H70N4O17/c1-53(2,3)74-45(61)33-43(51(67)76-55(7,8)9)59(47(63)37-15-13-17-41(31-37)72-49(65)35-19-23-39(57-69)24-20-35)27-29-71-30-28-60(44(52(68)77-56(10,11)12)34-46(62)75-54(4,5)6)48(64)38-16-14-18-42(32-38)73-50(66)36-21-25-40(58-70)26-22-36/h13-26,31-32,43-44,57-58,69-70H,27-30,33-34H2,1-12H3. The Hall–Kier alpha value is -7.88. The molecule has 2 atom stereocenters. The van der Waals surface area contributed by atoms with E-state index in [1.165, 1.54) is 97.1 Å². The smallest absolute Gasteiger partial charge is 0.343 e. The molecule has 416 valence electrons. The van der Waals surface area contributed by atoms with Crippen molar-refractivity contribution in [3.8, 4) is 11.5 Å². The van der Waals surface area contributed by atoms with Crippen LogP contribution in [0.1, 0.15) is 137 Å². The van der Waals surface area contributed by atoms with Crippen LogP contribution in [0, 0.1) is 0 Å². The van der Waals surface area contributed by atoms with Gasteiger partial charge in [-0.05, 0) is 168 Å². The number of nitrogens with one attached hydrogen (secondary N) is 2. The van der Waals surface area contributed by atoms with Crippen LogP contribution < -0.4 is 20.4 Å². The van der Waals surface area contributed by atoms with Crippen molar-refractivity contribution in [2.45, 2.75) is 130 Å². The zero-order chi connectivity index (χ0) is 57.5. The molecular formula is C56H70N4O17. The summed E-state index contributed by atoms with van der Waals surface area (Å²) in [6, 6.07) is 19.3. The lowest BCUT2D eigenvalue weighted by Crippen LogP contribution is -2.51. The number of carbonyl (C=O) groups excluding carboxylic acids is 8. The van der Waals surface area contributed by atoms with E-state index in [9.17, 15) is 48.8 Å². The van der Waals surface area contributed by atoms with E-state index in [1.54, 1.807) is 83.1 Å². The lowest BCUT2D eigenvalue weighted by atomic mass is 10.1. The number of esters is 6. The van der Waals surface area contributed by atoms with Gasteiger partial charge in [0.05, 0.1) is 48.6 Å². The van der Waals surface area contributed by atoms with Gasteiger partial charge < -0.3 is 43.0 Å². The highest BCUT2D eigenvalue weighted by atomic mass is 16.6. The Morgan fingerprint density at radius 2 is 0.779 bits per heavy atom. The summed E-state index contributed by atoms with van der Waals surface area (Å²) in [5, 5.41) is 18.4. The van der Waals surface area contributed by atoms with E-state index in [1.807, 2.05) is 11.0 Å². The van der Waals surface area contributed by atoms with E-state index >= 15 is 0 Å². The average Bonchev–Trinajstić information content (AvgIpc) is 3.32. The summed E-state index contributed by atoms with van der Waals surface area (Å²) in [5.74, 6) is -6.88. The van der Waals surface area contributed by atoms with E-state index in [2.05, 4.69) is 0 Å². The van der Waals surface area contributed by atoms with Crippen molar-refractivity contribution in [2.75, 3.05) is 37.3 Å². The van der Waals surface area contributed by atoms with Gasteiger partial charge in [0.2, 0.25) is 0 Å². The minimum Gasteiger partial charge on any atom is -0.460 e. The van der Waals surface area contributed by atoms with E-state index < -0.39 is 108 Å². The first-order valence-electron chi connectivity index (χ1n) is 24.6. The minimum atomic E-state index is -1.60. The second-order valence-electron chi connectivity index (χ2n) is 21.5. The molecule has 0 aliphatic rings. The second kappa shape index (κ2) is 26.7. The van der Waals surface area contributed by atoms with Gasteiger partial charge in [0.1, 0.15) is 46.0 Å². The second-order valence-corrected chi connectivity index (χ2v) is 21.5. The van der Waals surface area contributed by atoms with Crippen molar-refractivity contribution >= 4 is 59.0 Å². The quantitative estimate of drug-likeness (QED) is 0.0190. The highest BCUT2D eigenvalue weighted by Crippen LogP contribution is 2.25. The molecule has 21 nitrogen and oxygen atoms in total. The van der Waals surface area contributed by atoms with Crippen molar-refractivity contribution in [1.29, 1.82) is 0 Å². The fourth-order valence-electron chi connectivity index (χ4n) is 7.10. The average molecular weight is 1070 g/mol. The molecule has 0 aromatic heterocycles. The first kappa shape index (κ1) is 61.7. The Balaban J connectivity index is 1.72. The van der Waals surface area contributed by atoms with E-state index in [0.717, 1.165) is 9.80 Å². The zero-order valence-corrected chi connectivity index (χ0v) is 45.5.